The van der Waals surface area contributed by atoms with Gasteiger partial charge in [-0.1, -0.05) is 34.6 Å². The predicted molar refractivity (Wildman–Crippen MR) is 154 cm³/mol. The van der Waals surface area contributed by atoms with Gasteiger partial charge >= 0.3 is 11.9 Å². The van der Waals surface area contributed by atoms with Crippen LogP contribution in [0.15, 0.2) is 0 Å². The molecule has 8 unspecified atom stereocenters. The maximum absolute atomic E-state index is 12.1. The molecule has 6 nitrogen and oxygen atoms in total. The molecular weight excluding hydrogens is 504 g/mol. The van der Waals surface area contributed by atoms with Gasteiger partial charge in [0.1, 0.15) is 11.7 Å². The van der Waals surface area contributed by atoms with Gasteiger partial charge in [-0.15, -0.1) is 0 Å². The zero-order valence-corrected chi connectivity index (χ0v) is 26.9. The first kappa shape index (κ1) is 30.3. The van der Waals surface area contributed by atoms with Crippen LogP contribution in [0.3, 0.4) is 0 Å². The van der Waals surface area contributed by atoms with Gasteiger partial charge in [-0.3, -0.25) is 9.59 Å². The number of carbonyl (C=O) groups is 2. The van der Waals surface area contributed by atoms with Crippen LogP contribution in [0.1, 0.15) is 127 Å². The number of fused-ring (bicyclic) bond motifs is 5. The minimum Gasteiger partial charge on any atom is -0.462 e. The number of aliphatic hydroxyl groups excluding tert-OH is 1. The highest BCUT2D eigenvalue weighted by molar-refractivity contribution is 5.66. The van der Waals surface area contributed by atoms with Gasteiger partial charge in [0, 0.05) is 19.3 Å². The Morgan fingerprint density at radius 2 is 1.48 bits per heavy atom. The van der Waals surface area contributed by atoms with Crippen LogP contribution in [0, 0.1) is 45.3 Å². The average Bonchev–Trinajstić information content (AvgIpc) is 3.40. The van der Waals surface area contributed by atoms with Crippen LogP contribution < -0.4 is 0 Å². The molecule has 1 aliphatic heterocycles. The minimum absolute atomic E-state index is 0.0285. The van der Waals surface area contributed by atoms with Crippen LogP contribution in [0.4, 0.5) is 0 Å². The number of rotatable bonds is 4. The Morgan fingerprint density at radius 3 is 2.10 bits per heavy atom. The number of aliphatic hydroxyl groups is 1. The van der Waals surface area contributed by atoms with Crippen LogP contribution in [0.5, 0.6) is 0 Å². The summed E-state index contributed by atoms with van der Waals surface area (Å²) in [5, 5.41) is 12.1. The second-order valence-corrected chi connectivity index (χ2v) is 16.6. The molecule has 5 rings (SSSR count). The van der Waals surface area contributed by atoms with Gasteiger partial charge in [-0.2, -0.15) is 0 Å². The van der Waals surface area contributed by atoms with E-state index in [1.165, 1.54) is 13.8 Å². The van der Waals surface area contributed by atoms with E-state index in [4.69, 9.17) is 14.2 Å². The maximum atomic E-state index is 12.1. The summed E-state index contributed by atoms with van der Waals surface area (Å²) in [6.45, 7) is 21.3. The lowest BCUT2D eigenvalue weighted by Gasteiger charge is -2.70. The lowest BCUT2D eigenvalue weighted by molar-refractivity contribution is -0.251. The summed E-state index contributed by atoms with van der Waals surface area (Å²) >= 11 is 0. The molecular formula is C34H56O6. The van der Waals surface area contributed by atoms with E-state index >= 15 is 0 Å². The summed E-state index contributed by atoms with van der Waals surface area (Å²) in [4.78, 5) is 23.7. The summed E-state index contributed by atoms with van der Waals surface area (Å²) in [5.74, 6) is 0.917. The molecule has 1 N–H and O–H groups in total. The van der Waals surface area contributed by atoms with Crippen LogP contribution in [0.2, 0.25) is 0 Å². The van der Waals surface area contributed by atoms with Crippen molar-refractivity contribution in [2.24, 2.45) is 45.3 Å². The second kappa shape index (κ2) is 9.43. The quantitative estimate of drug-likeness (QED) is 0.379. The molecule has 4 aliphatic carbocycles. The monoisotopic (exact) mass is 560 g/mol. The van der Waals surface area contributed by atoms with Crippen molar-refractivity contribution >= 4 is 11.9 Å². The van der Waals surface area contributed by atoms with Crippen molar-refractivity contribution in [1.29, 1.82) is 0 Å². The molecule has 0 bridgehead atoms. The van der Waals surface area contributed by atoms with Gasteiger partial charge in [0.25, 0.3) is 0 Å². The molecule has 5 fully saturated rings. The predicted octanol–water partition coefficient (Wildman–Crippen LogP) is 6.85. The lowest BCUT2D eigenvalue weighted by atomic mass is 9.35. The third kappa shape index (κ3) is 4.23. The second-order valence-electron chi connectivity index (χ2n) is 16.6. The SMILES string of the molecule is CC(=O)OC1CCC2(C)C(CCC3(C)C2CC(O)C2C([C@@]4(C)CC[C@H](C(C)(C)OC(C)=O)O4)CC[C@]23C)C1(C)C. The molecule has 40 heavy (non-hydrogen) atoms. The highest BCUT2D eigenvalue weighted by Gasteiger charge is 2.72. The van der Waals surface area contributed by atoms with Crippen LogP contribution in [0.25, 0.3) is 0 Å². The summed E-state index contributed by atoms with van der Waals surface area (Å²) < 4.78 is 18.4. The first-order chi connectivity index (χ1) is 18.3. The lowest BCUT2D eigenvalue weighted by Crippen LogP contribution is -2.66. The molecule has 228 valence electrons. The summed E-state index contributed by atoms with van der Waals surface area (Å²) in [6.07, 6.45) is 8.52. The fraction of sp³-hybridized carbons (Fsp3) is 0.941. The van der Waals surface area contributed by atoms with E-state index in [1.807, 2.05) is 13.8 Å². The number of esters is 2. The number of carbonyl (C=O) groups excluding carboxylic acids is 2. The fourth-order valence-electron chi connectivity index (χ4n) is 11.9. The fourth-order valence-corrected chi connectivity index (χ4v) is 11.9. The standard InChI is InChI=1S/C34H56O6/c1-20(35)38-26-13-15-31(7)24(29(26,3)4)12-17-32(8)25(31)19-23(37)28-22(11-16-33(28,32)9)34(10)18-14-27(40-34)30(5,6)39-21(2)36/h22-28,37H,11-19H2,1-10H3/t22?,23?,24?,25?,26?,27-,28?,31?,32?,33-,34-/m1/s1. The molecule has 0 amide bonds. The van der Waals surface area contributed by atoms with Crippen molar-refractivity contribution in [3.05, 3.63) is 0 Å². The van der Waals surface area contributed by atoms with Crippen LogP contribution in [-0.2, 0) is 23.8 Å². The molecule has 6 heteroatoms. The molecule has 5 aliphatic rings. The molecule has 0 aromatic rings. The Morgan fingerprint density at radius 1 is 0.825 bits per heavy atom. The van der Waals surface area contributed by atoms with Crippen molar-refractivity contribution < 1.29 is 28.9 Å². The Hall–Kier alpha value is -1.14. The van der Waals surface area contributed by atoms with E-state index in [9.17, 15) is 14.7 Å². The number of hydrogen-bond acceptors (Lipinski definition) is 6. The zero-order valence-electron chi connectivity index (χ0n) is 26.9. The van der Waals surface area contributed by atoms with Crippen molar-refractivity contribution in [2.45, 2.75) is 157 Å². The topological polar surface area (TPSA) is 82.1 Å². The molecule has 0 spiro atoms. The van der Waals surface area contributed by atoms with E-state index in [1.54, 1.807) is 0 Å². The smallest absolute Gasteiger partial charge is 0.303 e. The minimum atomic E-state index is -0.668. The molecule has 0 aromatic heterocycles. The van der Waals surface area contributed by atoms with E-state index < -0.39 is 5.60 Å². The van der Waals surface area contributed by atoms with Gasteiger partial charge in [0.05, 0.1) is 17.8 Å². The summed E-state index contributed by atoms with van der Waals surface area (Å²) in [6, 6.07) is 0. The first-order valence-electron chi connectivity index (χ1n) is 16.0. The highest BCUT2D eigenvalue weighted by Crippen LogP contribution is 2.76. The average molecular weight is 561 g/mol. The Balaban J connectivity index is 1.42. The summed E-state index contributed by atoms with van der Waals surface area (Å²) in [7, 11) is 0. The van der Waals surface area contributed by atoms with E-state index in [2.05, 4.69) is 41.5 Å². The normalized spacial score (nSPS) is 49.9. The molecule has 0 radical (unpaired) electrons. The Bertz CT molecular complexity index is 1040. The van der Waals surface area contributed by atoms with Crippen LogP contribution in [-0.4, -0.2) is 46.6 Å². The van der Waals surface area contributed by atoms with Crippen molar-refractivity contribution in [1.82, 2.24) is 0 Å². The van der Waals surface area contributed by atoms with E-state index in [0.717, 1.165) is 57.8 Å². The molecule has 11 atom stereocenters. The third-order valence-electron chi connectivity index (χ3n) is 13.9. The third-order valence-corrected chi connectivity index (χ3v) is 13.9. The zero-order chi connectivity index (χ0) is 29.7. The first-order valence-corrected chi connectivity index (χ1v) is 16.0. The van der Waals surface area contributed by atoms with Crippen molar-refractivity contribution in [2.75, 3.05) is 0 Å². The number of hydrogen-bond donors (Lipinski definition) is 1. The van der Waals surface area contributed by atoms with Crippen molar-refractivity contribution in [3.63, 3.8) is 0 Å². The molecule has 1 heterocycles. The van der Waals surface area contributed by atoms with Gasteiger partial charge in [0.2, 0.25) is 0 Å². The molecule has 1 saturated heterocycles. The largest absolute Gasteiger partial charge is 0.462 e. The van der Waals surface area contributed by atoms with E-state index in [-0.39, 0.29) is 69.3 Å². The summed E-state index contributed by atoms with van der Waals surface area (Å²) in [5.41, 5.74) is -0.825. The highest BCUT2D eigenvalue weighted by atomic mass is 16.6. The number of ether oxygens (including phenoxy) is 3. The van der Waals surface area contributed by atoms with E-state index in [0.29, 0.717) is 11.8 Å². The Labute approximate surface area is 242 Å². The molecule has 4 saturated carbocycles. The van der Waals surface area contributed by atoms with Gasteiger partial charge in [-0.05, 0) is 118 Å². The van der Waals surface area contributed by atoms with Gasteiger partial charge in [0.15, 0.2) is 0 Å². The van der Waals surface area contributed by atoms with Gasteiger partial charge in [-0.25, -0.2) is 0 Å². The Kier molecular flexibility index (Phi) is 7.15. The van der Waals surface area contributed by atoms with Crippen molar-refractivity contribution in [3.8, 4) is 0 Å². The molecule has 0 aromatic carbocycles. The maximum Gasteiger partial charge on any atom is 0.303 e. The van der Waals surface area contributed by atoms with Gasteiger partial charge < -0.3 is 19.3 Å². The van der Waals surface area contributed by atoms with Crippen LogP contribution >= 0.6 is 0 Å².